The fourth-order valence-electron chi connectivity index (χ4n) is 2.35. The molecule has 0 aliphatic heterocycles. The molecule has 1 fully saturated rings. The summed E-state index contributed by atoms with van der Waals surface area (Å²) in [7, 11) is 0. The van der Waals surface area contributed by atoms with E-state index in [4.69, 9.17) is 9.84 Å². The van der Waals surface area contributed by atoms with E-state index < -0.39 is 5.97 Å². The second-order valence-electron chi connectivity index (χ2n) is 4.84. The number of benzene rings is 1. The number of carboxylic acid groups (broad SMARTS) is 1. The average molecular weight is 313 g/mol. The molecule has 1 saturated carbocycles. The molecule has 98 valence electrons. The smallest absolute Gasteiger partial charge is 0.306 e. The van der Waals surface area contributed by atoms with Crippen LogP contribution in [0.1, 0.15) is 31.2 Å². The molecule has 1 aromatic carbocycles. The summed E-state index contributed by atoms with van der Waals surface area (Å²) in [6, 6.07) is 5.95. The molecule has 0 saturated heterocycles. The van der Waals surface area contributed by atoms with E-state index in [9.17, 15) is 4.79 Å². The van der Waals surface area contributed by atoms with Crippen LogP contribution in [0.25, 0.3) is 0 Å². The number of aliphatic carboxylic acids is 1. The standard InChI is InChI=1S/C14H17BrO3/c1-9-8-11(15)4-7-13(9)18-12-5-2-10(3-6-12)14(16)17/h4,7-8,10,12H,2-3,5-6H2,1H3,(H,16,17)/t10-,12-. The summed E-state index contributed by atoms with van der Waals surface area (Å²) in [5.41, 5.74) is 1.10. The van der Waals surface area contributed by atoms with Crippen LogP contribution in [0.4, 0.5) is 0 Å². The van der Waals surface area contributed by atoms with Crippen molar-refractivity contribution in [1.29, 1.82) is 0 Å². The van der Waals surface area contributed by atoms with Gasteiger partial charge in [-0.2, -0.15) is 0 Å². The number of halogens is 1. The highest BCUT2D eigenvalue weighted by Crippen LogP contribution is 2.30. The van der Waals surface area contributed by atoms with E-state index in [1.807, 2.05) is 25.1 Å². The van der Waals surface area contributed by atoms with Crippen molar-refractivity contribution >= 4 is 21.9 Å². The number of carbonyl (C=O) groups is 1. The highest BCUT2D eigenvalue weighted by Gasteiger charge is 2.27. The van der Waals surface area contributed by atoms with Gasteiger partial charge in [0.05, 0.1) is 12.0 Å². The highest BCUT2D eigenvalue weighted by molar-refractivity contribution is 9.10. The number of carboxylic acids is 1. The molecule has 1 aliphatic rings. The Hall–Kier alpha value is -1.03. The van der Waals surface area contributed by atoms with Crippen LogP contribution >= 0.6 is 15.9 Å². The molecule has 1 N–H and O–H groups in total. The Balaban J connectivity index is 1.93. The van der Waals surface area contributed by atoms with Crippen LogP contribution in [0, 0.1) is 12.8 Å². The molecule has 4 heteroatoms. The predicted molar refractivity (Wildman–Crippen MR) is 72.9 cm³/mol. The molecular formula is C14H17BrO3. The Labute approximate surface area is 115 Å². The van der Waals surface area contributed by atoms with E-state index in [0.29, 0.717) is 0 Å². The van der Waals surface area contributed by atoms with Gasteiger partial charge in [-0.3, -0.25) is 4.79 Å². The minimum Gasteiger partial charge on any atom is -0.490 e. The molecule has 0 heterocycles. The largest absolute Gasteiger partial charge is 0.490 e. The van der Waals surface area contributed by atoms with Crippen molar-refractivity contribution in [1.82, 2.24) is 0 Å². The Morgan fingerprint density at radius 1 is 1.33 bits per heavy atom. The molecule has 1 aromatic rings. The third-order valence-corrected chi connectivity index (χ3v) is 3.95. The van der Waals surface area contributed by atoms with Crippen molar-refractivity contribution in [2.75, 3.05) is 0 Å². The summed E-state index contributed by atoms with van der Waals surface area (Å²) in [6.45, 7) is 2.02. The van der Waals surface area contributed by atoms with Crippen molar-refractivity contribution in [3.63, 3.8) is 0 Å². The topological polar surface area (TPSA) is 46.5 Å². The zero-order chi connectivity index (χ0) is 13.1. The molecule has 0 atom stereocenters. The molecule has 3 nitrogen and oxygen atoms in total. The van der Waals surface area contributed by atoms with Gasteiger partial charge in [-0.1, -0.05) is 15.9 Å². The van der Waals surface area contributed by atoms with Crippen molar-refractivity contribution in [3.8, 4) is 5.75 Å². The molecule has 0 radical (unpaired) electrons. The lowest BCUT2D eigenvalue weighted by Crippen LogP contribution is -2.28. The van der Waals surface area contributed by atoms with Crippen LogP contribution in [0.3, 0.4) is 0 Å². The van der Waals surface area contributed by atoms with Gasteiger partial charge in [0.1, 0.15) is 5.75 Å². The first kappa shape index (κ1) is 13.4. The number of aryl methyl sites for hydroxylation is 1. The number of hydrogen-bond acceptors (Lipinski definition) is 2. The first-order valence-electron chi connectivity index (χ1n) is 6.22. The van der Waals surface area contributed by atoms with Crippen molar-refractivity contribution in [3.05, 3.63) is 28.2 Å². The fourth-order valence-corrected chi connectivity index (χ4v) is 2.83. The van der Waals surface area contributed by atoms with E-state index >= 15 is 0 Å². The number of ether oxygens (including phenoxy) is 1. The lowest BCUT2D eigenvalue weighted by Gasteiger charge is -2.27. The first-order valence-corrected chi connectivity index (χ1v) is 7.01. The van der Waals surface area contributed by atoms with Gasteiger partial charge in [0.25, 0.3) is 0 Å². The maximum Gasteiger partial charge on any atom is 0.306 e. The van der Waals surface area contributed by atoms with E-state index in [-0.39, 0.29) is 12.0 Å². The van der Waals surface area contributed by atoms with Gasteiger partial charge in [0.15, 0.2) is 0 Å². The van der Waals surface area contributed by atoms with Crippen molar-refractivity contribution in [2.24, 2.45) is 5.92 Å². The Morgan fingerprint density at radius 3 is 2.56 bits per heavy atom. The van der Waals surface area contributed by atoms with Crippen LogP contribution in [-0.2, 0) is 4.79 Å². The summed E-state index contributed by atoms with van der Waals surface area (Å²) in [4.78, 5) is 10.9. The van der Waals surface area contributed by atoms with E-state index in [1.165, 1.54) is 0 Å². The molecule has 0 unspecified atom stereocenters. The maximum atomic E-state index is 10.9. The lowest BCUT2D eigenvalue weighted by atomic mass is 9.87. The fraction of sp³-hybridized carbons (Fsp3) is 0.500. The van der Waals surface area contributed by atoms with Crippen LogP contribution in [0.15, 0.2) is 22.7 Å². The Morgan fingerprint density at radius 2 is 2.00 bits per heavy atom. The van der Waals surface area contributed by atoms with Gasteiger partial charge >= 0.3 is 5.97 Å². The minimum atomic E-state index is -0.673. The first-order chi connectivity index (χ1) is 8.56. The highest BCUT2D eigenvalue weighted by atomic mass is 79.9. The Kier molecular flexibility index (Phi) is 4.27. The zero-order valence-electron chi connectivity index (χ0n) is 10.4. The third kappa shape index (κ3) is 3.25. The molecule has 0 amide bonds. The molecule has 0 spiro atoms. The van der Waals surface area contributed by atoms with Gasteiger partial charge in [0, 0.05) is 4.47 Å². The van der Waals surface area contributed by atoms with Gasteiger partial charge < -0.3 is 9.84 Å². The summed E-state index contributed by atoms with van der Waals surface area (Å²) in [5, 5.41) is 8.94. The van der Waals surface area contributed by atoms with Crippen LogP contribution in [-0.4, -0.2) is 17.2 Å². The van der Waals surface area contributed by atoms with Gasteiger partial charge in [-0.05, 0) is 56.4 Å². The lowest BCUT2D eigenvalue weighted by molar-refractivity contribution is -0.143. The Bertz CT molecular complexity index is 437. The maximum absolute atomic E-state index is 10.9. The second kappa shape index (κ2) is 5.74. The normalized spacial score (nSPS) is 23.7. The average Bonchev–Trinajstić information content (AvgIpc) is 2.33. The van der Waals surface area contributed by atoms with Crippen LogP contribution < -0.4 is 4.74 Å². The van der Waals surface area contributed by atoms with E-state index in [1.54, 1.807) is 0 Å². The van der Waals surface area contributed by atoms with Crippen LogP contribution in [0.2, 0.25) is 0 Å². The molecular weight excluding hydrogens is 296 g/mol. The summed E-state index contributed by atoms with van der Waals surface area (Å²) in [5.74, 6) is 0.0427. The van der Waals surface area contributed by atoms with Crippen molar-refractivity contribution < 1.29 is 14.6 Å². The summed E-state index contributed by atoms with van der Waals surface area (Å²) >= 11 is 3.42. The van der Waals surface area contributed by atoms with Gasteiger partial charge in [-0.15, -0.1) is 0 Å². The van der Waals surface area contributed by atoms with Crippen LogP contribution in [0.5, 0.6) is 5.75 Å². The molecule has 0 bridgehead atoms. The summed E-state index contributed by atoms with van der Waals surface area (Å²) < 4.78 is 7.00. The molecule has 18 heavy (non-hydrogen) atoms. The van der Waals surface area contributed by atoms with Crippen molar-refractivity contribution in [2.45, 2.75) is 38.7 Å². The number of hydrogen-bond donors (Lipinski definition) is 1. The molecule has 0 aromatic heterocycles. The second-order valence-corrected chi connectivity index (χ2v) is 5.76. The van der Waals surface area contributed by atoms with Gasteiger partial charge in [-0.25, -0.2) is 0 Å². The molecule has 1 aliphatic carbocycles. The number of rotatable bonds is 3. The quantitative estimate of drug-likeness (QED) is 0.924. The minimum absolute atomic E-state index is 0.153. The van der Waals surface area contributed by atoms with E-state index in [2.05, 4.69) is 15.9 Å². The third-order valence-electron chi connectivity index (χ3n) is 3.45. The predicted octanol–water partition coefficient (Wildman–Crippen LogP) is 3.78. The molecule has 2 rings (SSSR count). The van der Waals surface area contributed by atoms with Gasteiger partial charge in [0.2, 0.25) is 0 Å². The monoisotopic (exact) mass is 312 g/mol. The zero-order valence-corrected chi connectivity index (χ0v) is 11.9. The SMILES string of the molecule is Cc1cc(Br)ccc1O[C@H]1CC[C@H](C(=O)O)CC1. The summed E-state index contributed by atoms with van der Waals surface area (Å²) in [6.07, 6.45) is 3.24. The van der Waals surface area contributed by atoms with E-state index in [0.717, 1.165) is 41.5 Å².